The minimum atomic E-state index is -0.00991. The van der Waals surface area contributed by atoms with Crippen LogP contribution in [0.2, 0.25) is 0 Å². The van der Waals surface area contributed by atoms with Crippen LogP contribution in [0, 0.1) is 18.8 Å². The van der Waals surface area contributed by atoms with E-state index in [1.165, 1.54) is 5.56 Å². The Kier molecular flexibility index (Phi) is 6.78. The molecule has 0 saturated carbocycles. The second kappa shape index (κ2) is 10.6. The third-order valence-electron chi connectivity index (χ3n) is 8.02. The summed E-state index contributed by atoms with van der Waals surface area (Å²) >= 11 is 0. The number of pyridine rings is 1. The van der Waals surface area contributed by atoms with Crippen molar-refractivity contribution in [1.29, 1.82) is 0 Å². The Morgan fingerprint density at radius 1 is 0.841 bits per heavy atom. The number of hydrogen-bond acceptors (Lipinski definition) is 5. The first kappa shape index (κ1) is 28.2. The van der Waals surface area contributed by atoms with Crippen molar-refractivity contribution >= 4 is 49.4 Å². The van der Waals surface area contributed by atoms with E-state index in [1.54, 1.807) is 0 Å². The van der Waals surface area contributed by atoms with E-state index < -0.39 is 0 Å². The second-order valence-corrected chi connectivity index (χ2v) is 12.0. The van der Waals surface area contributed by atoms with Crippen LogP contribution in [0.4, 0.5) is 5.69 Å². The van der Waals surface area contributed by atoms with E-state index >= 15 is 0 Å². The van der Waals surface area contributed by atoms with Gasteiger partial charge in [-0.15, -0.1) is 35.3 Å². The molecule has 1 aliphatic rings. The summed E-state index contributed by atoms with van der Waals surface area (Å²) in [4.78, 5) is 8.81. The predicted octanol–water partition coefficient (Wildman–Crippen LogP) is 9.11. The average molecular weight is 757 g/mol. The fraction of sp³-hybridized carbons (Fsp3) is 0.135. The molecule has 6 nitrogen and oxygen atoms in total. The first-order valence-corrected chi connectivity index (χ1v) is 14.3. The molecule has 0 unspecified atom stereocenters. The van der Waals surface area contributed by atoms with Crippen LogP contribution in [0.3, 0.4) is 0 Å². The second-order valence-electron chi connectivity index (χ2n) is 12.0. The first-order valence-electron chi connectivity index (χ1n) is 14.3. The van der Waals surface area contributed by atoms with E-state index in [-0.39, 0.29) is 26.5 Å². The molecular formula is C37H29N4O2Pt-3. The Hall–Kier alpha value is -4.54. The van der Waals surface area contributed by atoms with Crippen molar-refractivity contribution in [1.82, 2.24) is 14.5 Å². The molecule has 0 aliphatic carbocycles. The maximum atomic E-state index is 6.60. The van der Waals surface area contributed by atoms with E-state index in [4.69, 9.17) is 14.1 Å². The van der Waals surface area contributed by atoms with Gasteiger partial charge in [0.15, 0.2) is 0 Å². The first-order chi connectivity index (χ1) is 20.8. The van der Waals surface area contributed by atoms with Gasteiger partial charge in [-0.25, -0.2) is 4.98 Å². The van der Waals surface area contributed by atoms with Crippen LogP contribution >= 0.6 is 0 Å². The summed E-state index contributed by atoms with van der Waals surface area (Å²) in [5.41, 5.74) is 5.47. The van der Waals surface area contributed by atoms with Crippen molar-refractivity contribution in [3.05, 3.63) is 122 Å². The maximum absolute atomic E-state index is 6.60. The molecule has 3 aromatic heterocycles. The smallest absolute Gasteiger partial charge is 0.135 e. The summed E-state index contributed by atoms with van der Waals surface area (Å²) in [6.45, 7) is 8.65. The monoisotopic (exact) mass is 756 g/mol. The van der Waals surface area contributed by atoms with E-state index in [1.807, 2.05) is 66.4 Å². The van der Waals surface area contributed by atoms with Gasteiger partial charge in [0.25, 0.3) is 0 Å². The quantitative estimate of drug-likeness (QED) is 0.168. The van der Waals surface area contributed by atoms with Crippen molar-refractivity contribution in [2.45, 2.75) is 26.2 Å². The summed E-state index contributed by atoms with van der Waals surface area (Å²) in [5.74, 6) is 1.92. The number of nitrogens with zero attached hydrogens (tertiary/aromatic N) is 4. The molecule has 0 radical (unpaired) electrons. The molecule has 7 heteroatoms. The molecule has 4 aromatic carbocycles. The minimum Gasteiger partial charge on any atom is -0.512 e. The molecule has 0 atom stereocenters. The third kappa shape index (κ3) is 4.65. The number of para-hydroxylation sites is 2. The molecule has 0 N–H and O–H groups in total. The van der Waals surface area contributed by atoms with Crippen LogP contribution in [0.25, 0.3) is 49.6 Å². The zero-order valence-electron chi connectivity index (χ0n) is 24.7. The Balaban J connectivity index is 0.00000312. The van der Waals surface area contributed by atoms with Gasteiger partial charge in [0.05, 0.1) is 11.3 Å². The van der Waals surface area contributed by atoms with Gasteiger partial charge in [0.2, 0.25) is 0 Å². The van der Waals surface area contributed by atoms with Crippen LogP contribution in [-0.2, 0) is 26.5 Å². The minimum absolute atomic E-state index is 0. The maximum Gasteiger partial charge on any atom is 0.135 e. The normalized spacial score (nSPS) is 13.5. The van der Waals surface area contributed by atoms with Crippen LogP contribution in [-0.4, -0.2) is 21.5 Å². The van der Waals surface area contributed by atoms with E-state index in [0.29, 0.717) is 17.1 Å². The molecular weight excluding hydrogens is 728 g/mol. The zero-order chi connectivity index (χ0) is 29.3. The standard InChI is InChI=1S/C37H29N4O2.Pt/c1-37(2,3)24-15-16-38-35(19-24)41-31-11-7-5-9-27(31)28-14-13-26(22-32(28)41)42-34-21-25(40-18-17-39(4)23-40)20-30-29-10-6-8-12-33(29)43-36(30)34;/h5-20,23H,1-4H3;/q-3;. The van der Waals surface area contributed by atoms with Crippen molar-refractivity contribution in [2.75, 3.05) is 11.9 Å². The summed E-state index contributed by atoms with van der Waals surface area (Å²) in [7, 11) is 2.00. The Morgan fingerprint density at radius 2 is 1.64 bits per heavy atom. The van der Waals surface area contributed by atoms with Gasteiger partial charge in [-0.3, -0.25) is 0 Å². The fourth-order valence-electron chi connectivity index (χ4n) is 5.82. The number of rotatable bonds is 4. The zero-order valence-corrected chi connectivity index (χ0v) is 27.0. The topological polar surface area (TPSA) is 46.7 Å². The van der Waals surface area contributed by atoms with Gasteiger partial charge in [-0.05, 0) is 60.1 Å². The Morgan fingerprint density at radius 3 is 2.43 bits per heavy atom. The van der Waals surface area contributed by atoms with Gasteiger partial charge in [-0.2, -0.15) is 12.7 Å². The Labute approximate surface area is 270 Å². The fourth-order valence-corrected chi connectivity index (χ4v) is 5.82. The summed E-state index contributed by atoms with van der Waals surface area (Å²) in [6.07, 6.45) is 5.88. The van der Waals surface area contributed by atoms with Gasteiger partial charge in [0.1, 0.15) is 11.4 Å². The van der Waals surface area contributed by atoms with Gasteiger partial charge in [0, 0.05) is 43.9 Å². The average Bonchev–Trinajstić information content (AvgIpc) is 3.70. The Bertz CT molecular complexity index is 2220. The molecule has 0 spiro atoms. The summed E-state index contributed by atoms with van der Waals surface area (Å²) < 4.78 is 15.1. The van der Waals surface area contributed by atoms with Crippen LogP contribution < -0.4 is 9.64 Å². The van der Waals surface area contributed by atoms with E-state index in [9.17, 15) is 0 Å². The van der Waals surface area contributed by atoms with Crippen molar-refractivity contribution in [3.8, 4) is 17.3 Å². The number of anilines is 1. The number of furan rings is 1. The molecule has 0 saturated heterocycles. The molecule has 4 heterocycles. The molecule has 222 valence electrons. The van der Waals surface area contributed by atoms with Crippen molar-refractivity contribution in [2.24, 2.45) is 0 Å². The molecule has 0 fully saturated rings. The van der Waals surface area contributed by atoms with Gasteiger partial charge in [-0.1, -0.05) is 68.1 Å². The SMILES string of the molecule is CN1C=CN(c2[c-]c(Oc3[c-]c4c(cc3)c3ccccc3n4-c3cc(C(C)(C)C)ccn3)c3oc4ccccc4c3c2)[CH-]1.[Pt]. The largest absolute Gasteiger partial charge is 0.512 e. The van der Waals surface area contributed by atoms with Crippen molar-refractivity contribution < 1.29 is 30.2 Å². The summed E-state index contributed by atoms with van der Waals surface area (Å²) in [6, 6.07) is 33.9. The van der Waals surface area contributed by atoms with E-state index in [0.717, 1.165) is 49.7 Å². The molecule has 7 aromatic rings. The molecule has 8 rings (SSSR count). The summed E-state index contributed by atoms with van der Waals surface area (Å²) in [5, 5.41) is 4.21. The predicted molar refractivity (Wildman–Crippen MR) is 172 cm³/mol. The molecule has 0 bridgehead atoms. The number of hydrogen-bond donors (Lipinski definition) is 0. The van der Waals surface area contributed by atoms with E-state index in [2.05, 4.69) is 92.1 Å². The molecule has 1 aliphatic heterocycles. The van der Waals surface area contributed by atoms with Crippen LogP contribution in [0.5, 0.6) is 11.5 Å². The number of ether oxygens (including phenoxy) is 1. The third-order valence-corrected chi connectivity index (χ3v) is 8.02. The number of benzene rings is 4. The van der Waals surface area contributed by atoms with Crippen LogP contribution in [0.1, 0.15) is 26.3 Å². The molecule has 44 heavy (non-hydrogen) atoms. The van der Waals surface area contributed by atoms with Crippen LogP contribution in [0.15, 0.2) is 102 Å². The number of fused-ring (bicyclic) bond motifs is 6. The van der Waals surface area contributed by atoms with Gasteiger partial charge < -0.3 is 23.5 Å². The van der Waals surface area contributed by atoms with Crippen molar-refractivity contribution in [3.63, 3.8) is 0 Å². The number of aromatic nitrogens is 2. The van der Waals surface area contributed by atoms with Gasteiger partial charge >= 0.3 is 0 Å². The molecule has 0 amide bonds.